The van der Waals surface area contributed by atoms with E-state index < -0.39 is 0 Å². The van der Waals surface area contributed by atoms with Crippen molar-refractivity contribution in [2.75, 3.05) is 12.5 Å². The first-order chi connectivity index (χ1) is 8.70. The molecule has 0 saturated carbocycles. The van der Waals surface area contributed by atoms with Crippen LogP contribution < -0.4 is 11.3 Å². The van der Waals surface area contributed by atoms with Gasteiger partial charge >= 0.3 is 0 Å². The number of hydrogen-bond donors (Lipinski definition) is 2. The Morgan fingerprint density at radius 1 is 1.44 bits per heavy atom. The Bertz CT molecular complexity index is 509. The first-order valence-electron chi connectivity index (χ1n) is 5.40. The molecule has 6 heteroatoms. The zero-order chi connectivity index (χ0) is 13.0. The molecule has 0 unspecified atom stereocenters. The number of hydrazine groups is 1. The normalized spacial score (nSPS) is 10.1. The number of carbonyl (C=O) groups excluding carboxylic acids is 1. The molecule has 0 saturated heterocycles. The van der Waals surface area contributed by atoms with Gasteiger partial charge in [-0.2, -0.15) is 0 Å². The Kier molecular flexibility index (Phi) is 3.91. The predicted molar refractivity (Wildman–Crippen MR) is 72.2 cm³/mol. The summed E-state index contributed by atoms with van der Waals surface area (Å²) in [6, 6.07) is 7.03. The average molecular weight is 262 g/mol. The van der Waals surface area contributed by atoms with Gasteiger partial charge in [-0.3, -0.25) is 10.6 Å². The molecule has 94 valence electrons. The smallest absolute Gasteiger partial charge is 0.253 e. The van der Waals surface area contributed by atoms with E-state index in [2.05, 4.69) is 10.4 Å². The van der Waals surface area contributed by atoms with Crippen LogP contribution in [0.4, 0.5) is 5.69 Å². The van der Waals surface area contributed by atoms with Gasteiger partial charge in [0.2, 0.25) is 0 Å². The van der Waals surface area contributed by atoms with Crippen LogP contribution in [-0.2, 0) is 6.54 Å². The van der Waals surface area contributed by atoms with Crippen molar-refractivity contribution in [1.82, 2.24) is 9.88 Å². The Morgan fingerprint density at radius 3 is 2.72 bits per heavy atom. The van der Waals surface area contributed by atoms with Gasteiger partial charge in [-0.25, -0.2) is 4.98 Å². The minimum atomic E-state index is -0.0356. The molecule has 2 rings (SSSR count). The van der Waals surface area contributed by atoms with E-state index in [0.717, 1.165) is 11.4 Å². The molecule has 1 aromatic carbocycles. The minimum Gasteiger partial charge on any atom is -0.336 e. The first-order valence-corrected chi connectivity index (χ1v) is 6.34. The Balaban J connectivity index is 2.05. The van der Waals surface area contributed by atoms with Crippen molar-refractivity contribution in [3.05, 3.63) is 46.4 Å². The van der Waals surface area contributed by atoms with Gasteiger partial charge in [0.25, 0.3) is 5.91 Å². The monoisotopic (exact) mass is 262 g/mol. The second-order valence-electron chi connectivity index (χ2n) is 3.86. The van der Waals surface area contributed by atoms with Crippen LogP contribution in [0.2, 0.25) is 0 Å². The molecular weight excluding hydrogens is 248 g/mol. The van der Waals surface area contributed by atoms with Crippen LogP contribution in [0.1, 0.15) is 16.1 Å². The topological polar surface area (TPSA) is 71.2 Å². The van der Waals surface area contributed by atoms with E-state index in [1.165, 1.54) is 11.3 Å². The maximum Gasteiger partial charge on any atom is 0.253 e. The summed E-state index contributed by atoms with van der Waals surface area (Å²) in [5.74, 6) is 5.24. The quantitative estimate of drug-likeness (QED) is 0.650. The van der Waals surface area contributed by atoms with E-state index in [9.17, 15) is 4.79 Å². The number of amides is 1. The number of benzene rings is 1. The lowest BCUT2D eigenvalue weighted by molar-refractivity contribution is 0.0783. The van der Waals surface area contributed by atoms with Crippen molar-refractivity contribution >= 4 is 22.9 Å². The van der Waals surface area contributed by atoms with Crippen LogP contribution in [0.5, 0.6) is 0 Å². The summed E-state index contributed by atoms with van der Waals surface area (Å²) < 4.78 is 0. The summed E-state index contributed by atoms with van der Waals surface area (Å²) in [5, 5.41) is 1.94. The molecule has 1 amide bonds. The number of nitrogens with zero attached hydrogens (tertiary/aromatic N) is 2. The molecule has 1 heterocycles. The van der Waals surface area contributed by atoms with E-state index in [1.807, 2.05) is 5.38 Å². The number of nitrogens with one attached hydrogen (secondary N) is 1. The molecule has 0 aliphatic rings. The molecule has 0 spiro atoms. The van der Waals surface area contributed by atoms with Gasteiger partial charge in [-0.1, -0.05) is 0 Å². The van der Waals surface area contributed by atoms with Crippen molar-refractivity contribution < 1.29 is 4.79 Å². The van der Waals surface area contributed by atoms with Crippen LogP contribution in [0.3, 0.4) is 0 Å². The molecule has 0 fully saturated rings. The highest BCUT2D eigenvalue weighted by atomic mass is 32.1. The summed E-state index contributed by atoms with van der Waals surface area (Å²) in [5.41, 5.74) is 6.59. The van der Waals surface area contributed by atoms with Gasteiger partial charge in [0.15, 0.2) is 0 Å². The lowest BCUT2D eigenvalue weighted by atomic mass is 10.2. The fraction of sp³-hybridized carbons (Fsp3) is 0.167. The highest BCUT2D eigenvalue weighted by Crippen LogP contribution is 2.12. The van der Waals surface area contributed by atoms with Crippen LogP contribution in [-0.4, -0.2) is 22.8 Å². The van der Waals surface area contributed by atoms with E-state index in [-0.39, 0.29) is 5.91 Å². The van der Waals surface area contributed by atoms with Crippen molar-refractivity contribution in [2.24, 2.45) is 5.84 Å². The fourth-order valence-corrected chi connectivity index (χ4v) is 2.11. The van der Waals surface area contributed by atoms with E-state index in [1.54, 1.807) is 41.7 Å². The standard InChI is InChI=1S/C12H14N4OS/c1-16(6-11-7-18-8-14-11)12(17)9-2-4-10(15-13)5-3-9/h2-5,7-8,15H,6,13H2,1H3. The number of carbonyl (C=O) groups is 1. The van der Waals surface area contributed by atoms with Gasteiger partial charge in [0, 0.05) is 23.7 Å². The molecule has 2 aromatic rings. The van der Waals surface area contributed by atoms with Gasteiger partial charge in [-0.05, 0) is 24.3 Å². The number of anilines is 1. The number of aromatic nitrogens is 1. The largest absolute Gasteiger partial charge is 0.336 e. The van der Waals surface area contributed by atoms with Gasteiger partial charge in [0.1, 0.15) is 0 Å². The number of nitrogens with two attached hydrogens (primary N) is 1. The van der Waals surface area contributed by atoms with Crippen molar-refractivity contribution in [3.63, 3.8) is 0 Å². The van der Waals surface area contributed by atoms with Gasteiger partial charge < -0.3 is 10.3 Å². The summed E-state index contributed by atoms with van der Waals surface area (Å²) in [6.07, 6.45) is 0. The summed E-state index contributed by atoms with van der Waals surface area (Å²) in [4.78, 5) is 17.9. The van der Waals surface area contributed by atoms with Crippen molar-refractivity contribution in [2.45, 2.75) is 6.54 Å². The highest BCUT2D eigenvalue weighted by Gasteiger charge is 2.12. The molecule has 0 aliphatic heterocycles. The highest BCUT2D eigenvalue weighted by molar-refractivity contribution is 7.07. The second kappa shape index (κ2) is 5.61. The zero-order valence-electron chi connectivity index (χ0n) is 9.96. The fourth-order valence-electron chi connectivity index (χ4n) is 1.56. The molecular formula is C12H14N4OS. The van der Waals surface area contributed by atoms with E-state index in [0.29, 0.717) is 12.1 Å². The minimum absolute atomic E-state index is 0.0356. The van der Waals surface area contributed by atoms with E-state index in [4.69, 9.17) is 5.84 Å². The maximum atomic E-state index is 12.1. The van der Waals surface area contributed by atoms with Gasteiger partial charge in [0.05, 0.1) is 17.7 Å². The first kappa shape index (κ1) is 12.5. The van der Waals surface area contributed by atoms with Crippen LogP contribution in [0.25, 0.3) is 0 Å². The van der Waals surface area contributed by atoms with Gasteiger partial charge in [-0.15, -0.1) is 11.3 Å². The average Bonchev–Trinajstić information content (AvgIpc) is 2.91. The number of hydrogen-bond acceptors (Lipinski definition) is 5. The molecule has 1 aromatic heterocycles. The Morgan fingerprint density at radius 2 is 2.17 bits per heavy atom. The lowest BCUT2D eigenvalue weighted by Crippen LogP contribution is -2.26. The van der Waals surface area contributed by atoms with Crippen LogP contribution in [0.15, 0.2) is 35.2 Å². The molecule has 0 bridgehead atoms. The third-order valence-electron chi connectivity index (χ3n) is 2.53. The molecule has 0 aliphatic carbocycles. The van der Waals surface area contributed by atoms with Crippen LogP contribution in [0, 0.1) is 0 Å². The predicted octanol–water partition coefficient (Wildman–Crippen LogP) is 1.70. The molecule has 5 nitrogen and oxygen atoms in total. The summed E-state index contributed by atoms with van der Waals surface area (Å²) in [7, 11) is 1.76. The Labute approximate surface area is 109 Å². The molecule has 3 N–H and O–H groups in total. The number of nitrogen functional groups attached to an aromatic ring is 1. The number of thiazole rings is 1. The third-order valence-corrected chi connectivity index (χ3v) is 3.16. The molecule has 18 heavy (non-hydrogen) atoms. The third kappa shape index (κ3) is 2.85. The second-order valence-corrected chi connectivity index (χ2v) is 4.58. The number of rotatable bonds is 4. The van der Waals surface area contributed by atoms with Crippen molar-refractivity contribution in [1.29, 1.82) is 0 Å². The lowest BCUT2D eigenvalue weighted by Gasteiger charge is -2.16. The van der Waals surface area contributed by atoms with Crippen molar-refractivity contribution in [3.8, 4) is 0 Å². The van der Waals surface area contributed by atoms with E-state index >= 15 is 0 Å². The SMILES string of the molecule is CN(Cc1cscn1)C(=O)c1ccc(NN)cc1. The Hall–Kier alpha value is -1.92. The summed E-state index contributed by atoms with van der Waals surface area (Å²) in [6.45, 7) is 0.513. The zero-order valence-corrected chi connectivity index (χ0v) is 10.8. The maximum absolute atomic E-state index is 12.1. The van der Waals surface area contributed by atoms with Crippen LogP contribution >= 0.6 is 11.3 Å². The molecule has 0 atom stereocenters. The molecule has 0 radical (unpaired) electrons. The summed E-state index contributed by atoms with van der Waals surface area (Å²) >= 11 is 1.52.